The summed E-state index contributed by atoms with van der Waals surface area (Å²) in [4.78, 5) is 0. The number of aryl methyl sites for hydroxylation is 1. The Labute approximate surface area is 76.8 Å². The molecule has 0 aliphatic heterocycles. The van der Waals surface area contributed by atoms with E-state index in [0.717, 1.165) is 0 Å². The van der Waals surface area contributed by atoms with Gasteiger partial charge in [-0.05, 0) is 13.3 Å². The smallest absolute Gasteiger partial charge is 0.0814 e. The van der Waals surface area contributed by atoms with Crippen molar-refractivity contribution >= 4 is 5.69 Å². The lowest BCUT2D eigenvalue weighted by Crippen LogP contribution is -2.24. The molecule has 1 aromatic rings. The fraction of sp³-hybridized carbons (Fsp3) is 0.625. The van der Waals surface area contributed by atoms with Crippen molar-refractivity contribution < 1.29 is 10.2 Å². The summed E-state index contributed by atoms with van der Waals surface area (Å²) in [5.74, 6) is 0. The number of nitrogen functional groups attached to an aromatic ring is 1. The summed E-state index contributed by atoms with van der Waals surface area (Å²) < 4.78 is 1.64. The Bertz CT molecular complexity index is 260. The van der Waals surface area contributed by atoms with Crippen molar-refractivity contribution in [3.8, 4) is 0 Å². The van der Waals surface area contributed by atoms with Crippen LogP contribution in [0.5, 0.6) is 0 Å². The monoisotopic (exact) mass is 185 g/mol. The van der Waals surface area contributed by atoms with Crippen LogP contribution in [0.4, 0.5) is 5.69 Å². The van der Waals surface area contributed by atoms with Crippen molar-refractivity contribution in [3.63, 3.8) is 0 Å². The first-order chi connectivity index (χ1) is 6.09. The van der Waals surface area contributed by atoms with Gasteiger partial charge >= 0.3 is 0 Å². The van der Waals surface area contributed by atoms with Gasteiger partial charge in [0.2, 0.25) is 0 Å². The molecule has 0 fully saturated rings. The van der Waals surface area contributed by atoms with Gasteiger partial charge in [0, 0.05) is 12.7 Å². The predicted octanol–water partition coefficient (Wildman–Crippen LogP) is -0.403. The van der Waals surface area contributed by atoms with Gasteiger partial charge in [-0.3, -0.25) is 4.68 Å². The Hall–Kier alpha value is -1.07. The lowest BCUT2D eigenvalue weighted by atomic mass is 10.2. The molecule has 0 radical (unpaired) electrons. The van der Waals surface area contributed by atoms with E-state index >= 15 is 0 Å². The van der Waals surface area contributed by atoms with Crippen LogP contribution in [-0.4, -0.2) is 32.2 Å². The van der Waals surface area contributed by atoms with Gasteiger partial charge < -0.3 is 15.9 Å². The number of rotatable bonds is 4. The van der Waals surface area contributed by atoms with Crippen LogP contribution in [0.15, 0.2) is 12.4 Å². The van der Waals surface area contributed by atoms with E-state index in [4.69, 9.17) is 10.8 Å². The zero-order valence-electron chi connectivity index (χ0n) is 7.59. The van der Waals surface area contributed by atoms with Crippen LogP contribution < -0.4 is 5.73 Å². The highest BCUT2D eigenvalue weighted by atomic mass is 16.3. The lowest BCUT2D eigenvalue weighted by Gasteiger charge is -2.12. The second-order valence-electron chi connectivity index (χ2n) is 3.13. The zero-order valence-corrected chi connectivity index (χ0v) is 7.59. The van der Waals surface area contributed by atoms with Crippen LogP contribution in [0.25, 0.3) is 0 Å². The van der Waals surface area contributed by atoms with Gasteiger partial charge in [-0.1, -0.05) is 0 Å². The molecule has 0 aliphatic carbocycles. The highest BCUT2D eigenvalue weighted by Crippen LogP contribution is 2.03. The Balaban J connectivity index is 2.35. The molecule has 1 aromatic heterocycles. The minimum absolute atomic E-state index is 0.471. The number of nitrogens with two attached hydrogens (primary N) is 1. The predicted molar refractivity (Wildman–Crippen MR) is 48.9 cm³/mol. The molecular weight excluding hydrogens is 170 g/mol. The van der Waals surface area contributed by atoms with E-state index in [-0.39, 0.29) is 0 Å². The van der Waals surface area contributed by atoms with Crippen LogP contribution in [0.2, 0.25) is 0 Å². The minimum Gasteiger partial charge on any atom is -0.396 e. The molecule has 0 aromatic carbocycles. The molecule has 1 heterocycles. The standard InChI is InChI=1S/C8H15N3O2/c1-6(12)8(13)2-3-11-5-7(9)4-10-11/h4-6,8,12-13H,2-3,9H2,1H3. The third-order valence-electron chi connectivity index (χ3n) is 1.86. The third-order valence-corrected chi connectivity index (χ3v) is 1.86. The normalized spacial score (nSPS) is 15.6. The summed E-state index contributed by atoms with van der Waals surface area (Å²) in [5, 5.41) is 22.2. The van der Waals surface area contributed by atoms with Crippen LogP contribution in [0.1, 0.15) is 13.3 Å². The zero-order chi connectivity index (χ0) is 9.84. The largest absolute Gasteiger partial charge is 0.396 e. The highest BCUT2D eigenvalue weighted by Gasteiger charge is 2.10. The quantitative estimate of drug-likeness (QED) is 0.595. The number of aromatic nitrogens is 2. The molecule has 0 spiro atoms. The van der Waals surface area contributed by atoms with Crippen molar-refractivity contribution in [2.75, 3.05) is 5.73 Å². The summed E-state index contributed by atoms with van der Waals surface area (Å²) in [6.45, 7) is 2.12. The summed E-state index contributed by atoms with van der Waals surface area (Å²) in [6.07, 6.45) is 2.31. The molecule has 5 heteroatoms. The summed E-state index contributed by atoms with van der Waals surface area (Å²) in [5.41, 5.74) is 6.05. The molecule has 1 rings (SSSR count). The number of aliphatic hydroxyl groups excluding tert-OH is 2. The maximum Gasteiger partial charge on any atom is 0.0814 e. The van der Waals surface area contributed by atoms with E-state index in [1.54, 1.807) is 24.0 Å². The SMILES string of the molecule is CC(O)C(O)CCn1cc(N)cn1. The molecular formula is C8H15N3O2. The van der Waals surface area contributed by atoms with Crippen LogP contribution in [0.3, 0.4) is 0 Å². The molecule has 0 amide bonds. The van der Waals surface area contributed by atoms with E-state index in [1.807, 2.05) is 0 Å². The maximum atomic E-state index is 9.27. The molecule has 13 heavy (non-hydrogen) atoms. The van der Waals surface area contributed by atoms with E-state index in [2.05, 4.69) is 5.10 Å². The minimum atomic E-state index is -0.703. The molecule has 4 N–H and O–H groups in total. The van der Waals surface area contributed by atoms with Gasteiger partial charge in [0.05, 0.1) is 24.1 Å². The van der Waals surface area contributed by atoms with E-state index in [1.165, 1.54) is 0 Å². The first-order valence-corrected chi connectivity index (χ1v) is 4.23. The van der Waals surface area contributed by atoms with Gasteiger partial charge in [-0.25, -0.2) is 0 Å². The number of hydrogen-bond donors (Lipinski definition) is 3. The third kappa shape index (κ3) is 3.04. The topological polar surface area (TPSA) is 84.3 Å². The molecule has 2 unspecified atom stereocenters. The Morgan fingerprint density at radius 1 is 1.62 bits per heavy atom. The van der Waals surface area contributed by atoms with Gasteiger partial charge in [-0.2, -0.15) is 5.10 Å². The molecule has 2 atom stereocenters. The first kappa shape index (κ1) is 10.0. The maximum absolute atomic E-state index is 9.27. The molecule has 0 saturated heterocycles. The lowest BCUT2D eigenvalue weighted by molar-refractivity contribution is 0.0231. The van der Waals surface area contributed by atoms with Crippen molar-refractivity contribution in [2.45, 2.75) is 32.1 Å². The van der Waals surface area contributed by atoms with Gasteiger partial charge in [0.25, 0.3) is 0 Å². The Morgan fingerprint density at radius 2 is 2.31 bits per heavy atom. The van der Waals surface area contributed by atoms with Gasteiger partial charge in [0.1, 0.15) is 0 Å². The van der Waals surface area contributed by atoms with Crippen LogP contribution in [0, 0.1) is 0 Å². The summed E-state index contributed by atoms with van der Waals surface area (Å²) in [6, 6.07) is 0. The van der Waals surface area contributed by atoms with E-state index in [0.29, 0.717) is 18.7 Å². The molecule has 5 nitrogen and oxygen atoms in total. The summed E-state index contributed by atoms with van der Waals surface area (Å²) in [7, 11) is 0. The summed E-state index contributed by atoms with van der Waals surface area (Å²) >= 11 is 0. The Kier molecular flexibility index (Phi) is 3.27. The van der Waals surface area contributed by atoms with Crippen LogP contribution in [-0.2, 0) is 6.54 Å². The highest BCUT2D eigenvalue weighted by molar-refractivity contribution is 5.30. The van der Waals surface area contributed by atoms with E-state index < -0.39 is 12.2 Å². The van der Waals surface area contributed by atoms with Crippen molar-refractivity contribution in [3.05, 3.63) is 12.4 Å². The van der Waals surface area contributed by atoms with Crippen LogP contribution >= 0.6 is 0 Å². The molecule has 0 bridgehead atoms. The second kappa shape index (κ2) is 4.25. The molecule has 0 aliphatic rings. The van der Waals surface area contributed by atoms with Gasteiger partial charge in [0.15, 0.2) is 0 Å². The molecule has 0 saturated carbocycles. The number of aliphatic hydroxyl groups is 2. The average molecular weight is 185 g/mol. The Morgan fingerprint density at radius 3 is 2.77 bits per heavy atom. The van der Waals surface area contributed by atoms with Gasteiger partial charge in [-0.15, -0.1) is 0 Å². The van der Waals surface area contributed by atoms with Crippen molar-refractivity contribution in [2.24, 2.45) is 0 Å². The number of hydrogen-bond acceptors (Lipinski definition) is 4. The first-order valence-electron chi connectivity index (χ1n) is 4.23. The van der Waals surface area contributed by atoms with E-state index in [9.17, 15) is 5.11 Å². The van der Waals surface area contributed by atoms with Crippen molar-refractivity contribution in [1.29, 1.82) is 0 Å². The fourth-order valence-electron chi connectivity index (χ4n) is 1.01. The average Bonchev–Trinajstić information content (AvgIpc) is 2.47. The van der Waals surface area contributed by atoms with Crippen molar-refractivity contribution in [1.82, 2.24) is 9.78 Å². The molecule has 74 valence electrons. The second-order valence-corrected chi connectivity index (χ2v) is 3.13. The number of anilines is 1. The number of nitrogens with zero attached hydrogens (tertiary/aromatic N) is 2. The fourth-order valence-corrected chi connectivity index (χ4v) is 1.01.